The van der Waals surface area contributed by atoms with E-state index in [0.717, 1.165) is 18.4 Å². The van der Waals surface area contributed by atoms with Gasteiger partial charge >= 0.3 is 0 Å². The van der Waals surface area contributed by atoms with E-state index in [-0.39, 0.29) is 17.7 Å². The topological polar surface area (TPSA) is 72.5 Å². The van der Waals surface area contributed by atoms with Crippen LogP contribution in [0.25, 0.3) is 0 Å². The molecular weight excluding hydrogens is 328 g/mol. The molecule has 0 atom stereocenters. The number of ether oxygens (including phenoxy) is 1. The summed E-state index contributed by atoms with van der Waals surface area (Å²) >= 11 is 0. The second-order valence-electron chi connectivity index (χ2n) is 4.75. The van der Waals surface area contributed by atoms with E-state index in [2.05, 4.69) is 0 Å². The van der Waals surface area contributed by atoms with Gasteiger partial charge in [-0.15, -0.1) is 0 Å². The molecule has 2 aromatic rings. The molecule has 5 nitrogen and oxygen atoms in total. The third-order valence-electron chi connectivity index (χ3n) is 2.79. The van der Waals surface area contributed by atoms with E-state index in [4.69, 9.17) is 4.74 Å². The molecule has 0 saturated carbocycles. The quantitative estimate of drug-likeness (QED) is 0.905. The summed E-state index contributed by atoms with van der Waals surface area (Å²) in [5, 5.41) is 0. The first-order valence-corrected chi connectivity index (χ1v) is 8.32. The standard InChI is InChI=1S/C15H13F2NO4S/c1-23(20,21)18-15(19)10-2-7-14(17)11(8-10)9-22-13-5-3-12(16)4-6-13/h2-8H,9H2,1H3,(H,18,19). The Balaban J connectivity index is 2.14. The number of benzene rings is 2. The molecule has 0 saturated heterocycles. The first-order valence-electron chi connectivity index (χ1n) is 6.43. The number of halogens is 2. The Morgan fingerprint density at radius 3 is 2.39 bits per heavy atom. The van der Waals surface area contributed by atoms with Crippen molar-refractivity contribution in [2.45, 2.75) is 6.61 Å². The highest BCUT2D eigenvalue weighted by Crippen LogP contribution is 2.16. The predicted octanol–water partition coefficient (Wildman–Crippen LogP) is 2.23. The predicted molar refractivity (Wildman–Crippen MR) is 79.4 cm³/mol. The van der Waals surface area contributed by atoms with Crippen LogP contribution in [0.3, 0.4) is 0 Å². The zero-order valence-electron chi connectivity index (χ0n) is 12.0. The lowest BCUT2D eigenvalue weighted by molar-refractivity contribution is 0.0981. The zero-order chi connectivity index (χ0) is 17.0. The maximum atomic E-state index is 13.7. The lowest BCUT2D eigenvalue weighted by Gasteiger charge is -2.09. The number of nitrogens with one attached hydrogen (secondary N) is 1. The van der Waals surface area contributed by atoms with E-state index in [9.17, 15) is 22.0 Å². The van der Waals surface area contributed by atoms with Gasteiger partial charge in [0.2, 0.25) is 10.0 Å². The lowest BCUT2D eigenvalue weighted by Crippen LogP contribution is -2.29. The Morgan fingerprint density at radius 1 is 1.13 bits per heavy atom. The van der Waals surface area contributed by atoms with Crippen molar-refractivity contribution in [1.29, 1.82) is 0 Å². The molecule has 0 aliphatic rings. The van der Waals surface area contributed by atoms with Gasteiger partial charge in [-0.3, -0.25) is 4.79 Å². The molecule has 0 bridgehead atoms. The summed E-state index contributed by atoms with van der Waals surface area (Å²) < 4.78 is 55.7. The van der Waals surface area contributed by atoms with E-state index in [1.54, 1.807) is 4.72 Å². The van der Waals surface area contributed by atoms with Crippen molar-refractivity contribution in [2.24, 2.45) is 0 Å². The molecule has 1 N–H and O–H groups in total. The van der Waals surface area contributed by atoms with E-state index < -0.39 is 27.6 Å². The highest BCUT2D eigenvalue weighted by Gasteiger charge is 2.13. The third-order valence-corrected chi connectivity index (χ3v) is 3.35. The minimum Gasteiger partial charge on any atom is -0.489 e. The molecule has 0 spiro atoms. The molecule has 0 unspecified atom stereocenters. The fraction of sp³-hybridized carbons (Fsp3) is 0.133. The summed E-state index contributed by atoms with van der Waals surface area (Å²) in [5.74, 6) is -1.57. The Bertz CT molecular complexity index is 820. The van der Waals surface area contributed by atoms with E-state index in [0.29, 0.717) is 5.75 Å². The van der Waals surface area contributed by atoms with Crippen LogP contribution in [0.15, 0.2) is 42.5 Å². The van der Waals surface area contributed by atoms with Crippen molar-refractivity contribution in [2.75, 3.05) is 6.26 Å². The summed E-state index contributed by atoms with van der Waals surface area (Å²) in [6.07, 6.45) is 0.840. The molecule has 0 aliphatic heterocycles. The van der Waals surface area contributed by atoms with Crippen molar-refractivity contribution in [3.8, 4) is 5.75 Å². The van der Waals surface area contributed by atoms with Gasteiger partial charge in [0.1, 0.15) is 24.0 Å². The second-order valence-corrected chi connectivity index (χ2v) is 6.50. The van der Waals surface area contributed by atoms with Gasteiger partial charge in [0.25, 0.3) is 5.91 Å². The molecule has 1 amide bonds. The summed E-state index contributed by atoms with van der Waals surface area (Å²) in [7, 11) is -3.71. The molecule has 2 aromatic carbocycles. The monoisotopic (exact) mass is 341 g/mol. The van der Waals surface area contributed by atoms with Crippen molar-refractivity contribution in [3.05, 3.63) is 65.2 Å². The molecule has 0 radical (unpaired) electrons. The number of amides is 1. The maximum Gasteiger partial charge on any atom is 0.264 e. The van der Waals surface area contributed by atoms with Crippen LogP contribution in [0, 0.1) is 11.6 Å². The SMILES string of the molecule is CS(=O)(=O)NC(=O)c1ccc(F)c(COc2ccc(F)cc2)c1. The van der Waals surface area contributed by atoms with Gasteiger partial charge in [-0.2, -0.15) is 0 Å². The average molecular weight is 341 g/mol. The summed E-state index contributed by atoms with van der Waals surface area (Å²) in [6.45, 7) is -0.197. The third kappa shape index (κ3) is 5.03. The van der Waals surface area contributed by atoms with Crippen LogP contribution >= 0.6 is 0 Å². The molecule has 122 valence electrons. The van der Waals surface area contributed by atoms with Gasteiger partial charge in [-0.25, -0.2) is 21.9 Å². The first kappa shape index (κ1) is 16.9. The highest BCUT2D eigenvalue weighted by atomic mass is 32.2. The molecule has 23 heavy (non-hydrogen) atoms. The molecule has 0 aromatic heterocycles. The Hall–Kier alpha value is -2.48. The smallest absolute Gasteiger partial charge is 0.264 e. The fourth-order valence-corrected chi connectivity index (χ4v) is 2.20. The second kappa shape index (κ2) is 6.74. The fourth-order valence-electron chi connectivity index (χ4n) is 1.75. The van der Waals surface area contributed by atoms with Crippen LogP contribution in [0.1, 0.15) is 15.9 Å². The van der Waals surface area contributed by atoms with Gasteiger partial charge in [0.15, 0.2) is 0 Å². The van der Waals surface area contributed by atoms with Crippen LogP contribution in [-0.4, -0.2) is 20.6 Å². The zero-order valence-corrected chi connectivity index (χ0v) is 12.9. The van der Waals surface area contributed by atoms with Gasteiger partial charge in [-0.1, -0.05) is 0 Å². The molecule has 0 aliphatic carbocycles. The largest absolute Gasteiger partial charge is 0.489 e. The van der Waals surface area contributed by atoms with Crippen molar-refractivity contribution in [1.82, 2.24) is 4.72 Å². The van der Waals surface area contributed by atoms with Crippen LogP contribution in [0.2, 0.25) is 0 Å². The number of hydrogen-bond acceptors (Lipinski definition) is 4. The number of hydrogen-bond donors (Lipinski definition) is 1. The lowest BCUT2D eigenvalue weighted by atomic mass is 10.1. The van der Waals surface area contributed by atoms with Gasteiger partial charge in [-0.05, 0) is 42.5 Å². The number of carbonyl (C=O) groups excluding carboxylic acids is 1. The number of sulfonamides is 1. The molecule has 8 heteroatoms. The molecule has 2 rings (SSSR count). The first-order chi connectivity index (χ1) is 10.7. The maximum absolute atomic E-state index is 13.7. The van der Waals surface area contributed by atoms with E-state index >= 15 is 0 Å². The molecular formula is C15H13F2NO4S. The van der Waals surface area contributed by atoms with Gasteiger partial charge in [0.05, 0.1) is 6.26 Å². The van der Waals surface area contributed by atoms with Crippen LogP contribution in [0.5, 0.6) is 5.75 Å². The molecule has 0 heterocycles. The summed E-state index contributed by atoms with van der Waals surface area (Å²) in [6, 6.07) is 8.56. The average Bonchev–Trinajstić information content (AvgIpc) is 2.46. The van der Waals surface area contributed by atoms with E-state index in [1.807, 2.05) is 0 Å². The Kier molecular flexibility index (Phi) is 4.95. The minimum absolute atomic E-state index is 0.0190. The number of rotatable bonds is 5. The van der Waals surface area contributed by atoms with Crippen LogP contribution < -0.4 is 9.46 Å². The summed E-state index contributed by atoms with van der Waals surface area (Å²) in [4.78, 5) is 11.7. The van der Waals surface area contributed by atoms with Gasteiger partial charge < -0.3 is 4.74 Å². The van der Waals surface area contributed by atoms with Gasteiger partial charge in [0, 0.05) is 11.1 Å². The summed E-state index contributed by atoms with van der Waals surface area (Å²) in [5.41, 5.74) is 0.0463. The van der Waals surface area contributed by atoms with E-state index in [1.165, 1.54) is 30.3 Å². The Morgan fingerprint density at radius 2 is 1.78 bits per heavy atom. The van der Waals surface area contributed by atoms with Crippen molar-refractivity contribution >= 4 is 15.9 Å². The molecule has 0 fully saturated rings. The van der Waals surface area contributed by atoms with Crippen molar-refractivity contribution < 1.29 is 26.7 Å². The van der Waals surface area contributed by atoms with Crippen LogP contribution in [-0.2, 0) is 16.6 Å². The van der Waals surface area contributed by atoms with Crippen molar-refractivity contribution in [3.63, 3.8) is 0 Å². The van der Waals surface area contributed by atoms with Crippen LogP contribution in [0.4, 0.5) is 8.78 Å². The Labute approximate surface area is 132 Å². The number of carbonyl (C=O) groups is 1. The highest BCUT2D eigenvalue weighted by molar-refractivity contribution is 7.89. The normalized spacial score (nSPS) is 11.1. The minimum atomic E-state index is -3.71.